The monoisotopic (exact) mass is 302 g/mol. The van der Waals surface area contributed by atoms with E-state index in [1.54, 1.807) is 0 Å². The molecule has 0 aromatic carbocycles. The SMILES string of the molecule is C[C@]12CCC(=O)C[C@@H]1CC(=O)[C@@H]1[C@@H]2CC[C@@]2(C)C(=O)CC[C@@H]12. The highest BCUT2D eigenvalue weighted by Crippen LogP contribution is 2.64. The van der Waals surface area contributed by atoms with Gasteiger partial charge in [0.05, 0.1) is 0 Å². The maximum Gasteiger partial charge on any atom is 0.139 e. The maximum absolute atomic E-state index is 12.9. The second-order valence-electron chi connectivity index (χ2n) is 8.77. The van der Waals surface area contributed by atoms with Gasteiger partial charge in [-0.05, 0) is 48.9 Å². The summed E-state index contributed by atoms with van der Waals surface area (Å²) in [5.74, 6) is 2.08. The summed E-state index contributed by atoms with van der Waals surface area (Å²) in [6, 6.07) is 0. The van der Waals surface area contributed by atoms with Gasteiger partial charge in [0, 0.05) is 37.0 Å². The average Bonchev–Trinajstić information content (AvgIpc) is 2.77. The molecule has 0 amide bonds. The summed E-state index contributed by atoms with van der Waals surface area (Å²) in [6.45, 7) is 4.43. The molecule has 22 heavy (non-hydrogen) atoms. The lowest BCUT2D eigenvalue weighted by atomic mass is 9.45. The first-order valence-electron chi connectivity index (χ1n) is 8.94. The molecule has 0 unspecified atom stereocenters. The largest absolute Gasteiger partial charge is 0.300 e. The summed E-state index contributed by atoms with van der Waals surface area (Å²) < 4.78 is 0. The molecule has 0 aliphatic heterocycles. The van der Waals surface area contributed by atoms with Gasteiger partial charge >= 0.3 is 0 Å². The van der Waals surface area contributed by atoms with Crippen molar-refractivity contribution in [1.82, 2.24) is 0 Å². The van der Waals surface area contributed by atoms with Crippen LogP contribution in [0.25, 0.3) is 0 Å². The second-order valence-corrected chi connectivity index (χ2v) is 8.77. The zero-order chi connectivity index (χ0) is 15.7. The van der Waals surface area contributed by atoms with Gasteiger partial charge in [0.2, 0.25) is 0 Å². The Morgan fingerprint density at radius 3 is 2.45 bits per heavy atom. The number of hydrogen-bond acceptors (Lipinski definition) is 3. The molecule has 6 atom stereocenters. The van der Waals surface area contributed by atoms with Crippen molar-refractivity contribution < 1.29 is 14.4 Å². The maximum atomic E-state index is 12.9. The topological polar surface area (TPSA) is 51.2 Å². The molecule has 3 heteroatoms. The van der Waals surface area contributed by atoms with E-state index in [0.29, 0.717) is 49.0 Å². The smallest absolute Gasteiger partial charge is 0.139 e. The van der Waals surface area contributed by atoms with Gasteiger partial charge in [0.25, 0.3) is 0 Å². The van der Waals surface area contributed by atoms with E-state index in [1.165, 1.54) is 0 Å². The Labute approximate surface area is 132 Å². The van der Waals surface area contributed by atoms with E-state index in [0.717, 1.165) is 25.7 Å². The van der Waals surface area contributed by atoms with E-state index in [-0.39, 0.29) is 28.6 Å². The average molecular weight is 302 g/mol. The normalized spacial score (nSPS) is 51.3. The predicted octanol–water partition coefficient (Wildman–Crippen LogP) is 3.35. The van der Waals surface area contributed by atoms with E-state index in [9.17, 15) is 14.4 Å². The number of hydrogen-bond donors (Lipinski definition) is 0. The first-order valence-corrected chi connectivity index (χ1v) is 8.94. The van der Waals surface area contributed by atoms with Crippen molar-refractivity contribution in [3.8, 4) is 0 Å². The van der Waals surface area contributed by atoms with Gasteiger partial charge in [0.1, 0.15) is 17.3 Å². The fraction of sp³-hybridized carbons (Fsp3) is 0.842. The van der Waals surface area contributed by atoms with Crippen LogP contribution in [0.3, 0.4) is 0 Å². The van der Waals surface area contributed by atoms with Crippen LogP contribution >= 0.6 is 0 Å². The molecular formula is C19H26O3. The standard InChI is InChI=1S/C19H26O3/c1-18-7-5-12(20)9-11(18)10-15(21)17-13-3-4-16(22)19(13,2)8-6-14(17)18/h11,13-14,17H,3-10H2,1-2H3/t11-,13+,14+,17+,18+,19-/m1/s1. The number of carbonyl (C=O) groups is 3. The molecule has 4 aliphatic carbocycles. The highest BCUT2D eigenvalue weighted by molar-refractivity contribution is 5.91. The van der Waals surface area contributed by atoms with Crippen LogP contribution in [0.15, 0.2) is 0 Å². The number of rotatable bonds is 0. The first kappa shape index (κ1) is 14.6. The molecule has 4 rings (SSSR count). The number of Topliss-reactive ketones (excluding diaryl/α,β-unsaturated/α-hetero) is 3. The highest BCUT2D eigenvalue weighted by Gasteiger charge is 2.62. The van der Waals surface area contributed by atoms with Crippen LogP contribution in [-0.2, 0) is 14.4 Å². The molecule has 4 fully saturated rings. The second kappa shape index (κ2) is 4.52. The minimum Gasteiger partial charge on any atom is -0.300 e. The van der Waals surface area contributed by atoms with E-state index >= 15 is 0 Å². The van der Waals surface area contributed by atoms with Crippen molar-refractivity contribution in [2.24, 2.45) is 34.5 Å². The fourth-order valence-electron chi connectivity index (χ4n) is 6.50. The molecule has 0 N–H and O–H groups in total. The van der Waals surface area contributed by atoms with Crippen LogP contribution in [0, 0.1) is 34.5 Å². The van der Waals surface area contributed by atoms with Gasteiger partial charge in [0.15, 0.2) is 0 Å². The summed E-state index contributed by atoms with van der Waals surface area (Å²) >= 11 is 0. The molecule has 0 heterocycles. The molecule has 4 saturated carbocycles. The Balaban J connectivity index is 1.72. The molecular weight excluding hydrogens is 276 g/mol. The third kappa shape index (κ3) is 1.71. The quantitative estimate of drug-likeness (QED) is 0.689. The highest BCUT2D eigenvalue weighted by atomic mass is 16.1. The molecule has 120 valence electrons. The van der Waals surface area contributed by atoms with Crippen LogP contribution in [0.2, 0.25) is 0 Å². The van der Waals surface area contributed by atoms with Crippen LogP contribution < -0.4 is 0 Å². The number of carbonyl (C=O) groups excluding carboxylic acids is 3. The summed E-state index contributed by atoms with van der Waals surface area (Å²) in [4.78, 5) is 37.1. The summed E-state index contributed by atoms with van der Waals surface area (Å²) in [5.41, 5.74) is -0.107. The van der Waals surface area contributed by atoms with Crippen molar-refractivity contribution in [2.75, 3.05) is 0 Å². The van der Waals surface area contributed by atoms with Gasteiger partial charge in [-0.3, -0.25) is 14.4 Å². The van der Waals surface area contributed by atoms with Crippen molar-refractivity contribution in [2.45, 2.75) is 65.2 Å². The molecule has 4 aliphatic rings. The van der Waals surface area contributed by atoms with Gasteiger partial charge in [-0.1, -0.05) is 13.8 Å². The van der Waals surface area contributed by atoms with E-state index < -0.39 is 0 Å². The number of fused-ring (bicyclic) bond motifs is 5. The fourth-order valence-corrected chi connectivity index (χ4v) is 6.50. The molecule has 0 radical (unpaired) electrons. The predicted molar refractivity (Wildman–Crippen MR) is 82.1 cm³/mol. The Hall–Kier alpha value is -0.990. The molecule has 0 spiro atoms. The summed E-state index contributed by atoms with van der Waals surface area (Å²) in [7, 11) is 0. The Kier molecular flexibility index (Phi) is 3.00. The van der Waals surface area contributed by atoms with Crippen molar-refractivity contribution >= 4 is 17.3 Å². The molecule has 3 nitrogen and oxygen atoms in total. The van der Waals surface area contributed by atoms with Crippen molar-refractivity contribution in [1.29, 1.82) is 0 Å². The Morgan fingerprint density at radius 1 is 0.909 bits per heavy atom. The summed E-state index contributed by atoms with van der Waals surface area (Å²) in [5, 5.41) is 0. The lowest BCUT2D eigenvalue weighted by Gasteiger charge is -2.58. The Bertz CT molecular complexity index is 565. The third-order valence-corrected chi connectivity index (χ3v) is 8.00. The van der Waals surface area contributed by atoms with Gasteiger partial charge in [-0.15, -0.1) is 0 Å². The minimum absolute atomic E-state index is 0.0830. The molecule has 0 aromatic heterocycles. The lowest BCUT2D eigenvalue weighted by molar-refractivity contribution is -0.158. The van der Waals surface area contributed by atoms with E-state index in [2.05, 4.69) is 13.8 Å². The zero-order valence-electron chi connectivity index (χ0n) is 13.7. The van der Waals surface area contributed by atoms with Crippen molar-refractivity contribution in [3.63, 3.8) is 0 Å². The molecule has 0 saturated heterocycles. The van der Waals surface area contributed by atoms with Crippen LogP contribution in [-0.4, -0.2) is 17.3 Å². The third-order valence-electron chi connectivity index (χ3n) is 8.00. The molecule has 0 aromatic rings. The Morgan fingerprint density at radius 2 is 1.68 bits per heavy atom. The van der Waals surface area contributed by atoms with Gasteiger partial charge < -0.3 is 0 Å². The lowest BCUT2D eigenvalue weighted by Crippen LogP contribution is -2.57. The van der Waals surface area contributed by atoms with Gasteiger partial charge in [-0.25, -0.2) is 0 Å². The van der Waals surface area contributed by atoms with Crippen LogP contribution in [0.5, 0.6) is 0 Å². The van der Waals surface area contributed by atoms with Gasteiger partial charge in [-0.2, -0.15) is 0 Å². The molecule has 0 bridgehead atoms. The summed E-state index contributed by atoms with van der Waals surface area (Å²) in [6.07, 6.45) is 6.32. The van der Waals surface area contributed by atoms with Crippen LogP contribution in [0.4, 0.5) is 0 Å². The van der Waals surface area contributed by atoms with E-state index in [1.807, 2.05) is 0 Å². The number of ketones is 3. The first-order chi connectivity index (χ1) is 10.4. The van der Waals surface area contributed by atoms with Crippen LogP contribution in [0.1, 0.15) is 65.2 Å². The zero-order valence-corrected chi connectivity index (χ0v) is 13.7. The van der Waals surface area contributed by atoms with Crippen molar-refractivity contribution in [3.05, 3.63) is 0 Å². The van der Waals surface area contributed by atoms with E-state index in [4.69, 9.17) is 0 Å². The minimum atomic E-state index is -0.246.